The number of rotatable bonds is 8. The summed E-state index contributed by atoms with van der Waals surface area (Å²) in [5, 5.41) is 0. The van der Waals surface area contributed by atoms with Crippen molar-refractivity contribution in [1.29, 1.82) is 0 Å². The maximum Gasteiger partial charge on any atom is 0.527 e. The lowest BCUT2D eigenvalue weighted by Gasteiger charge is -2.33. The molecule has 2 aliphatic heterocycles. The monoisotopic (exact) mass is 592 g/mol. The predicted octanol–water partition coefficient (Wildman–Crippen LogP) is 8.40. The van der Waals surface area contributed by atoms with Gasteiger partial charge in [-0.2, -0.15) is 8.78 Å². The molecule has 0 atom stereocenters. The fraction of sp³-hybridized carbons (Fsp3) is 0.517. The quantitative estimate of drug-likeness (QED) is 0.228. The number of alkyl halides is 5. The first-order chi connectivity index (χ1) is 19.2. The lowest BCUT2D eigenvalue weighted by Crippen LogP contribution is -2.38. The molecule has 4 nitrogen and oxygen atoms in total. The molecular weight excluding hydrogens is 564 g/mol. The SMILES string of the molecule is CCCC12COC(c3ccc(/C=C/c4cc(F)c(C5CCC(C(F)(F)OC(F)(F)F)CC5)c(F)c4)c(F)c3)(OC1)O2. The van der Waals surface area contributed by atoms with Gasteiger partial charge in [-0.3, -0.25) is 0 Å². The minimum atomic E-state index is -5.50. The molecule has 0 unspecified atom stereocenters. The van der Waals surface area contributed by atoms with Gasteiger partial charge in [-0.25, -0.2) is 17.9 Å². The Morgan fingerprint density at radius 2 is 1.51 bits per heavy atom. The summed E-state index contributed by atoms with van der Waals surface area (Å²) in [6, 6.07) is 6.33. The van der Waals surface area contributed by atoms with Gasteiger partial charge >= 0.3 is 18.4 Å². The molecule has 2 aromatic rings. The van der Waals surface area contributed by atoms with Crippen molar-refractivity contribution in [3.05, 3.63) is 70.0 Å². The number of halogens is 8. The molecule has 3 aliphatic rings. The van der Waals surface area contributed by atoms with Gasteiger partial charge in [0.05, 0.1) is 19.1 Å². The third-order valence-corrected chi connectivity index (χ3v) is 7.88. The summed E-state index contributed by atoms with van der Waals surface area (Å²) >= 11 is 0. The summed E-state index contributed by atoms with van der Waals surface area (Å²) in [5.74, 6) is -6.47. The lowest BCUT2D eigenvalue weighted by atomic mass is 9.77. The summed E-state index contributed by atoms with van der Waals surface area (Å²) in [4.78, 5) is 0. The highest BCUT2D eigenvalue weighted by Gasteiger charge is 2.59. The molecule has 0 spiro atoms. The predicted molar refractivity (Wildman–Crippen MR) is 131 cm³/mol. The summed E-state index contributed by atoms with van der Waals surface area (Å²) in [5.41, 5.74) is -0.304. The third kappa shape index (κ3) is 6.16. The topological polar surface area (TPSA) is 36.9 Å². The van der Waals surface area contributed by atoms with Crippen LogP contribution in [0.1, 0.15) is 73.6 Å². The van der Waals surface area contributed by atoms with Crippen molar-refractivity contribution >= 4 is 12.2 Å². The van der Waals surface area contributed by atoms with Crippen LogP contribution < -0.4 is 0 Å². The number of fused-ring (bicyclic) bond motifs is 2. The van der Waals surface area contributed by atoms with Crippen LogP contribution in [0, 0.1) is 23.4 Å². The van der Waals surface area contributed by atoms with Gasteiger partial charge in [-0.1, -0.05) is 37.6 Å². The molecule has 0 radical (unpaired) electrons. The first kappa shape index (κ1) is 29.9. The van der Waals surface area contributed by atoms with E-state index in [-0.39, 0.29) is 29.5 Å². The number of hydrogen-bond acceptors (Lipinski definition) is 4. The van der Waals surface area contributed by atoms with Crippen LogP contribution in [0.2, 0.25) is 0 Å². The molecule has 2 saturated heterocycles. The van der Waals surface area contributed by atoms with E-state index in [2.05, 4.69) is 4.74 Å². The van der Waals surface area contributed by atoms with Crippen LogP contribution in [0.15, 0.2) is 30.3 Å². The van der Waals surface area contributed by atoms with Crippen molar-refractivity contribution in [2.75, 3.05) is 13.2 Å². The highest BCUT2D eigenvalue weighted by atomic mass is 19.4. The molecule has 0 amide bonds. The molecule has 12 heteroatoms. The molecule has 5 rings (SSSR count). The molecule has 1 aliphatic carbocycles. The summed E-state index contributed by atoms with van der Waals surface area (Å²) in [6.07, 6.45) is -6.75. The van der Waals surface area contributed by atoms with Gasteiger partial charge in [0.15, 0.2) is 0 Å². The van der Waals surface area contributed by atoms with Crippen molar-refractivity contribution in [2.45, 2.75) is 75.4 Å². The van der Waals surface area contributed by atoms with Gasteiger partial charge in [0.2, 0.25) is 0 Å². The number of benzene rings is 2. The largest absolute Gasteiger partial charge is 0.527 e. The van der Waals surface area contributed by atoms with E-state index in [1.54, 1.807) is 6.07 Å². The van der Waals surface area contributed by atoms with Gasteiger partial charge in [-0.05, 0) is 61.8 Å². The van der Waals surface area contributed by atoms with E-state index in [9.17, 15) is 35.1 Å². The Bertz CT molecular complexity index is 1270. The second kappa shape index (κ2) is 10.9. The first-order valence-electron chi connectivity index (χ1n) is 13.3. The van der Waals surface area contributed by atoms with Crippen LogP contribution in [0.4, 0.5) is 35.1 Å². The van der Waals surface area contributed by atoms with Crippen molar-refractivity contribution in [1.82, 2.24) is 0 Å². The van der Waals surface area contributed by atoms with E-state index in [4.69, 9.17) is 14.2 Å². The van der Waals surface area contributed by atoms with Crippen molar-refractivity contribution < 1.29 is 54.1 Å². The molecule has 41 heavy (non-hydrogen) atoms. The zero-order valence-corrected chi connectivity index (χ0v) is 22.0. The number of hydrogen-bond donors (Lipinski definition) is 0. The molecular formula is C29H28F8O4. The second-order valence-corrected chi connectivity index (χ2v) is 10.8. The van der Waals surface area contributed by atoms with Gasteiger partial charge in [0, 0.05) is 16.7 Å². The summed E-state index contributed by atoms with van der Waals surface area (Å²) < 4.78 is 130. The smallest absolute Gasteiger partial charge is 0.320 e. The van der Waals surface area contributed by atoms with Gasteiger partial charge in [0.25, 0.3) is 0 Å². The normalized spacial score (nSPS) is 28.6. The van der Waals surface area contributed by atoms with Crippen molar-refractivity contribution in [2.24, 2.45) is 5.92 Å². The van der Waals surface area contributed by atoms with Crippen molar-refractivity contribution in [3.63, 3.8) is 0 Å². The lowest BCUT2D eigenvalue weighted by molar-refractivity contribution is -0.438. The van der Waals surface area contributed by atoms with Crippen LogP contribution in [0.25, 0.3) is 12.2 Å². The third-order valence-electron chi connectivity index (χ3n) is 7.88. The molecule has 2 heterocycles. The van der Waals surface area contributed by atoms with Crippen LogP contribution in [-0.4, -0.2) is 31.3 Å². The second-order valence-electron chi connectivity index (χ2n) is 10.8. The fourth-order valence-electron chi connectivity index (χ4n) is 5.90. The molecule has 0 aromatic heterocycles. The standard InChI is InChI=1S/C29H28F8O4/c1-2-11-26-15-38-28(40-26,39-16-26)21-10-5-18(22(30)14-21)4-3-17-12-23(31)25(24(32)13-17)19-6-8-20(9-7-19)27(33,34)41-29(35,36)37/h3-5,10,12-14,19-20H,2,6-9,11,15-16H2,1H3/b4-3+. The average molecular weight is 593 g/mol. The minimum Gasteiger partial charge on any atom is -0.320 e. The zero-order chi connectivity index (χ0) is 29.6. The van der Waals surface area contributed by atoms with E-state index >= 15 is 0 Å². The summed E-state index contributed by atoms with van der Waals surface area (Å²) in [6.45, 7) is 2.67. The van der Waals surface area contributed by atoms with E-state index in [0.717, 1.165) is 25.0 Å². The Labute approximate surface area is 231 Å². The fourth-order valence-corrected chi connectivity index (χ4v) is 5.90. The van der Waals surface area contributed by atoms with E-state index in [1.807, 2.05) is 6.92 Å². The highest BCUT2D eigenvalue weighted by Crippen LogP contribution is 2.49. The van der Waals surface area contributed by atoms with E-state index < -0.39 is 66.2 Å². The zero-order valence-electron chi connectivity index (χ0n) is 22.0. The van der Waals surface area contributed by atoms with Crippen LogP contribution in [0.3, 0.4) is 0 Å². The van der Waals surface area contributed by atoms with Crippen LogP contribution >= 0.6 is 0 Å². The summed E-state index contributed by atoms with van der Waals surface area (Å²) in [7, 11) is 0. The Balaban J connectivity index is 1.25. The van der Waals surface area contributed by atoms with Gasteiger partial charge in [-0.15, -0.1) is 13.2 Å². The molecule has 2 bridgehead atoms. The van der Waals surface area contributed by atoms with Crippen molar-refractivity contribution in [3.8, 4) is 0 Å². The average Bonchev–Trinajstić information content (AvgIpc) is 3.44. The Morgan fingerprint density at radius 3 is 2.07 bits per heavy atom. The van der Waals surface area contributed by atoms with E-state index in [1.165, 1.54) is 24.3 Å². The molecule has 2 aromatic carbocycles. The molecule has 0 N–H and O–H groups in total. The van der Waals surface area contributed by atoms with Gasteiger partial charge < -0.3 is 14.2 Å². The van der Waals surface area contributed by atoms with E-state index in [0.29, 0.717) is 18.8 Å². The molecule has 3 fully saturated rings. The highest BCUT2D eigenvalue weighted by molar-refractivity contribution is 5.70. The molecule has 224 valence electrons. The minimum absolute atomic E-state index is 0.0931. The first-order valence-corrected chi connectivity index (χ1v) is 13.3. The Hall–Kier alpha value is -2.54. The van der Waals surface area contributed by atoms with Crippen LogP contribution in [0.5, 0.6) is 0 Å². The Morgan fingerprint density at radius 1 is 0.878 bits per heavy atom. The maximum atomic E-state index is 15.0. The van der Waals surface area contributed by atoms with Gasteiger partial charge in [0.1, 0.15) is 23.1 Å². The number of ether oxygens (including phenoxy) is 4. The maximum absolute atomic E-state index is 15.0. The molecule has 1 saturated carbocycles. The Kier molecular flexibility index (Phi) is 7.99. The van der Waals surface area contributed by atoms with Crippen LogP contribution in [-0.2, 0) is 24.9 Å².